The zero-order chi connectivity index (χ0) is 20.8. The van der Waals surface area contributed by atoms with Crippen molar-refractivity contribution in [2.24, 2.45) is 0 Å². The summed E-state index contributed by atoms with van der Waals surface area (Å²) in [6.45, 7) is 12.3. The van der Waals surface area contributed by atoms with Gasteiger partial charge in [-0.2, -0.15) is 0 Å². The summed E-state index contributed by atoms with van der Waals surface area (Å²) in [6, 6.07) is 18.5. The van der Waals surface area contributed by atoms with E-state index in [1.807, 2.05) is 102 Å². The van der Waals surface area contributed by atoms with Gasteiger partial charge in [-0.3, -0.25) is 4.79 Å². The Balaban J connectivity index is 2.30. The molecule has 0 bridgehead atoms. The van der Waals surface area contributed by atoms with Crippen molar-refractivity contribution in [3.63, 3.8) is 0 Å². The SMILES string of the molecule is CC(C)(C)[N-][C@H](C(=O)OCc1ccccc1)[C@H]([N-]C(C)(C)C)c1ccccc1. The van der Waals surface area contributed by atoms with Crippen LogP contribution in [0.5, 0.6) is 0 Å². The number of esters is 1. The highest BCUT2D eigenvalue weighted by Crippen LogP contribution is 2.38. The van der Waals surface area contributed by atoms with Crippen LogP contribution in [0.3, 0.4) is 0 Å². The molecule has 2 atom stereocenters. The van der Waals surface area contributed by atoms with E-state index in [0.29, 0.717) is 0 Å². The van der Waals surface area contributed by atoms with E-state index in [1.165, 1.54) is 0 Å². The molecular formula is C24H32N2O2-2. The zero-order valence-corrected chi connectivity index (χ0v) is 17.8. The van der Waals surface area contributed by atoms with Gasteiger partial charge in [0.05, 0.1) is 0 Å². The van der Waals surface area contributed by atoms with Crippen molar-refractivity contribution in [2.45, 2.75) is 71.3 Å². The van der Waals surface area contributed by atoms with Crippen molar-refractivity contribution in [3.05, 3.63) is 82.4 Å². The maximum atomic E-state index is 13.1. The molecule has 0 aliphatic heterocycles. The highest BCUT2D eigenvalue weighted by Gasteiger charge is 2.22. The molecule has 0 spiro atoms. The summed E-state index contributed by atoms with van der Waals surface area (Å²) < 4.78 is 5.66. The van der Waals surface area contributed by atoms with Crippen LogP contribution < -0.4 is 0 Å². The van der Waals surface area contributed by atoms with Crippen LogP contribution in [0.1, 0.15) is 58.7 Å². The smallest absolute Gasteiger partial charge is 0.287 e. The van der Waals surface area contributed by atoms with E-state index >= 15 is 0 Å². The minimum absolute atomic E-state index is 0.229. The van der Waals surface area contributed by atoms with Crippen LogP contribution in [0.15, 0.2) is 60.7 Å². The molecule has 4 heteroatoms. The van der Waals surface area contributed by atoms with Gasteiger partial charge >= 0.3 is 0 Å². The second-order valence-electron chi connectivity index (χ2n) is 8.99. The predicted molar refractivity (Wildman–Crippen MR) is 115 cm³/mol. The quantitative estimate of drug-likeness (QED) is 0.538. The fourth-order valence-electron chi connectivity index (χ4n) is 2.88. The first kappa shape index (κ1) is 22.1. The first-order chi connectivity index (χ1) is 13.1. The Kier molecular flexibility index (Phi) is 7.39. The normalized spacial score (nSPS) is 14.4. The Morgan fingerprint density at radius 2 is 1.32 bits per heavy atom. The number of benzene rings is 2. The van der Waals surface area contributed by atoms with Gasteiger partial charge in [0.1, 0.15) is 6.61 Å². The van der Waals surface area contributed by atoms with Gasteiger partial charge in [0.15, 0.2) is 0 Å². The second kappa shape index (κ2) is 9.35. The Bertz CT molecular complexity index is 731. The van der Waals surface area contributed by atoms with Gasteiger partial charge in [0, 0.05) is 0 Å². The first-order valence-electron chi connectivity index (χ1n) is 9.75. The van der Waals surface area contributed by atoms with Gasteiger partial charge in [0.25, 0.3) is 5.97 Å². The number of hydrogen-bond acceptors (Lipinski definition) is 2. The summed E-state index contributed by atoms with van der Waals surface area (Å²) in [6.07, 6.45) is 0. The first-order valence-corrected chi connectivity index (χ1v) is 9.75. The molecule has 4 nitrogen and oxygen atoms in total. The third-order valence-electron chi connectivity index (χ3n) is 3.96. The molecule has 0 heterocycles. The summed E-state index contributed by atoms with van der Waals surface area (Å²) in [5, 5.41) is 9.76. The summed E-state index contributed by atoms with van der Waals surface area (Å²) in [5.41, 5.74) is 1.21. The third kappa shape index (κ3) is 7.45. The molecule has 2 rings (SSSR count). The Labute approximate surface area is 169 Å². The lowest BCUT2D eigenvalue weighted by molar-refractivity contribution is -0.146. The fourth-order valence-corrected chi connectivity index (χ4v) is 2.88. The van der Waals surface area contributed by atoms with Crippen molar-refractivity contribution in [3.8, 4) is 0 Å². The highest BCUT2D eigenvalue weighted by atomic mass is 16.5. The topological polar surface area (TPSA) is 54.5 Å². The molecule has 2 aromatic rings. The maximum absolute atomic E-state index is 13.1. The molecule has 0 aliphatic carbocycles. The molecule has 0 N–H and O–H groups in total. The minimum Gasteiger partial charge on any atom is -0.652 e. The summed E-state index contributed by atoms with van der Waals surface area (Å²) in [5.74, 6) is -0.347. The summed E-state index contributed by atoms with van der Waals surface area (Å²) in [4.78, 5) is 13.1. The van der Waals surface area contributed by atoms with Gasteiger partial charge in [-0.1, -0.05) is 108 Å². The largest absolute Gasteiger partial charge is 0.652 e. The van der Waals surface area contributed by atoms with E-state index in [2.05, 4.69) is 0 Å². The lowest BCUT2D eigenvalue weighted by atomic mass is 9.93. The molecule has 0 saturated carbocycles. The molecule has 28 heavy (non-hydrogen) atoms. The molecule has 0 amide bonds. The Morgan fingerprint density at radius 1 is 0.821 bits per heavy atom. The molecule has 0 aromatic heterocycles. The van der Waals surface area contributed by atoms with Crippen molar-refractivity contribution in [1.29, 1.82) is 0 Å². The lowest BCUT2D eigenvalue weighted by Gasteiger charge is -2.54. The van der Waals surface area contributed by atoms with E-state index in [4.69, 9.17) is 15.4 Å². The molecule has 0 aliphatic rings. The van der Waals surface area contributed by atoms with Gasteiger partial charge in [-0.05, 0) is 11.6 Å². The number of carbonyl (C=O) groups is 1. The van der Waals surface area contributed by atoms with E-state index in [9.17, 15) is 4.79 Å². The van der Waals surface area contributed by atoms with Crippen LogP contribution in [-0.2, 0) is 16.1 Å². The lowest BCUT2D eigenvalue weighted by Crippen LogP contribution is -2.36. The van der Waals surface area contributed by atoms with Gasteiger partial charge < -0.3 is 15.4 Å². The van der Waals surface area contributed by atoms with E-state index in [0.717, 1.165) is 11.1 Å². The van der Waals surface area contributed by atoms with E-state index < -0.39 is 17.6 Å². The predicted octanol–water partition coefficient (Wildman–Crippen LogP) is 6.18. The number of hydrogen-bond donors (Lipinski definition) is 0. The molecule has 152 valence electrons. The van der Waals surface area contributed by atoms with Crippen LogP contribution in [0.4, 0.5) is 0 Å². The van der Waals surface area contributed by atoms with Gasteiger partial charge in [-0.25, -0.2) is 0 Å². The van der Waals surface area contributed by atoms with Crippen molar-refractivity contribution >= 4 is 5.97 Å². The monoisotopic (exact) mass is 380 g/mol. The molecule has 0 fully saturated rings. The molecule has 2 aromatic carbocycles. The average molecular weight is 381 g/mol. The molecule has 0 radical (unpaired) electrons. The average Bonchev–Trinajstić information content (AvgIpc) is 2.62. The van der Waals surface area contributed by atoms with Crippen LogP contribution in [0, 0.1) is 0 Å². The maximum Gasteiger partial charge on any atom is 0.287 e. The Morgan fingerprint density at radius 3 is 1.82 bits per heavy atom. The van der Waals surface area contributed by atoms with Crippen LogP contribution in [0.25, 0.3) is 10.6 Å². The third-order valence-corrected chi connectivity index (χ3v) is 3.96. The standard InChI is InChI=1S/C24H32N2O2/c1-23(2,3)25-20(19-15-11-8-12-16-19)21(26-24(4,5)6)22(27)28-17-18-13-9-7-10-14-18/h7-16,20-21H,17H2,1-6H3/q-2/t20-,21+/m1/s1. The van der Waals surface area contributed by atoms with Crippen LogP contribution in [-0.4, -0.2) is 23.1 Å². The summed E-state index contributed by atoms with van der Waals surface area (Å²) in [7, 11) is 0. The van der Waals surface area contributed by atoms with Gasteiger partial charge in [-0.15, -0.1) is 17.1 Å². The fraction of sp³-hybridized carbons (Fsp3) is 0.458. The van der Waals surface area contributed by atoms with Crippen molar-refractivity contribution < 1.29 is 9.53 Å². The zero-order valence-electron chi connectivity index (χ0n) is 17.8. The molecule has 0 saturated heterocycles. The summed E-state index contributed by atoms with van der Waals surface area (Å²) >= 11 is 0. The number of rotatable bonds is 7. The number of carbonyl (C=O) groups excluding carboxylic acids is 1. The molecular weight excluding hydrogens is 348 g/mol. The number of nitrogens with zero attached hydrogens (tertiary/aromatic N) is 2. The van der Waals surface area contributed by atoms with E-state index in [-0.39, 0.29) is 18.1 Å². The number of ether oxygens (including phenoxy) is 1. The second-order valence-corrected chi connectivity index (χ2v) is 8.99. The van der Waals surface area contributed by atoms with Crippen LogP contribution in [0.2, 0.25) is 0 Å². The van der Waals surface area contributed by atoms with Crippen molar-refractivity contribution in [2.75, 3.05) is 0 Å². The van der Waals surface area contributed by atoms with Crippen molar-refractivity contribution in [1.82, 2.24) is 0 Å². The van der Waals surface area contributed by atoms with Crippen LogP contribution >= 0.6 is 0 Å². The van der Waals surface area contributed by atoms with Gasteiger partial charge in [0.2, 0.25) is 0 Å². The molecule has 0 unspecified atom stereocenters. The highest BCUT2D eigenvalue weighted by molar-refractivity contribution is 5.81. The minimum atomic E-state index is -0.703. The van der Waals surface area contributed by atoms with E-state index in [1.54, 1.807) is 0 Å². The Hall–Kier alpha value is -2.17.